The van der Waals surface area contributed by atoms with E-state index >= 15 is 0 Å². The van der Waals surface area contributed by atoms with Crippen LogP contribution in [-0.2, 0) is 9.47 Å². The van der Waals surface area contributed by atoms with Gasteiger partial charge in [-0.1, -0.05) is 0 Å². The molecule has 2 fully saturated rings. The van der Waals surface area contributed by atoms with Gasteiger partial charge in [0.1, 0.15) is 0 Å². The molecule has 0 aliphatic carbocycles. The number of ether oxygens (including phenoxy) is 2. The molecule has 2 aliphatic rings. The van der Waals surface area contributed by atoms with E-state index in [1.165, 1.54) is 17.9 Å². The largest absolute Gasteiger partial charge is 0.380 e. The van der Waals surface area contributed by atoms with Crippen molar-refractivity contribution in [1.29, 1.82) is 0 Å². The van der Waals surface area contributed by atoms with E-state index in [0.717, 1.165) is 58.5 Å². The predicted molar refractivity (Wildman–Crippen MR) is 97.5 cm³/mol. The number of nitrogens with zero attached hydrogens (tertiary/aromatic N) is 2. The second kappa shape index (κ2) is 10.4. The fourth-order valence-electron chi connectivity index (χ4n) is 3.06. The molecule has 23 heavy (non-hydrogen) atoms. The number of morpholine rings is 1. The number of aliphatic imine (C=N–C) groups is 1. The van der Waals surface area contributed by atoms with Gasteiger partial charge in [0.2, 0.25) is 0 Å². The monoisotopic (exact) mass is 344 g/mol. The minimum Gasteiger partial charge on any atom is -0.380 e. The van der Waals surface area contributed by atoms with Gasteiger partial charge in [0.15, 0.2) is 5.96 Å². The van der Waals surface area contributed by atoms with Crippen LogP contribution in [-0.4, -0.2) is 87.1 Å². The highest BCUT2D eigenvalue weighted by molar-refractivity contribution is 7.99. The van der Waals surface area contributed by atoms with E-state index in [2.05, 4.69) is 34.2 Å². The average molecular weight is 345 g/mol. The maximum absolute atomic E-state index is 5.52. The molecule has 1 atom stereocenters. The molecule has 2 N–H and O–H groups in total. The molecule has 7 heteroatoms. The van der Waals surface area contributed by atoms with Crippen molar-refractivity contribution in [3.8, 4) is 0 Å². The van der Waals surface area contributed by atoms with Crippen molar-refractivity contribution >= 4 is 17.7 Å². The van der Waals surface area contributed by atoms with E-state index in [4.69, 9.17) is 14.5 Å². The van der Waals surface area contributed by atoms with Crippen molar-refractivity contribution < 1.29 is 9.47 Å². The van der Waals surface area contributed by atoms with Gasteiger partial charge in [0.25, 0.3) is 0 Å². The fraction of sp³-hybridized carbons (Fsp3) is 0.938. The van der Waals surface area contributed by atoms with Crippen LogP contribution in [0.2, 0.25) is 0 Å². The first-order chi connectivity index (χ1) is 11.3. The Balaban J connectivity index is 1.93. The second-order valence-electron chi connectivity index (χ2n) is 5.95. The Labute approximate surface area is 144 Å². The van der Waals surface area contributed by atoms with Crippen LogP contribution in [0.4, 0.5) is 0 Å². The third-order valence-corrected chi connectivity index (χ3v) is 5.62. The van der Waals surface area contributed by atoms with E-state index in [0.29, 0.717) is 6.61 Å². The number of nitrogens with one attached hydrogen (secondary N) is 2. The van der Waals surface area contributed by atoms with Crippen molar-refractivity contribution in [2.75, 3.05) is 70.7 Å². The SMILES string of the molecule is CCNC(=NCC1(N2CCOCC2)CCSC1)NCCOCC. The summed E-state index contributed by atoms with van der Waals surface area (Å²) in [5.74, 6) is 3.31. The van der Waals surface area contributed by atoms with Crippen molar-refractivity contribution in [3.63, 3.8) is 0 Å². The number of hydrogen-bond donors (Lipinski definition) is 2. The summed E-state index contributed by atoms with van der Waals surface area (Å²) in [5.41, 5.74) is 0.205. The van der Waals surface area contributed by atoms with Crippen molar-refractivity contribution in [1.82, 2.24) is 15.5 Å². The van der Waals surface area contributed by atoms with Gasteiger partial charge in [0.05, 0.1) is 31.9 Å². The maximum atomic E-state index is 5.52. The maximum Gasteiger partial charge on any atom is 0.191 e. The molecule has 0 aromatic rings. The highest BCUT2D eigenvalue weighted by Crippen LogP contribution is 2.34. The highest BCUT2D eigenvalue weighted by atomic mass is 32.2. The molecule has 0 bridgehead atoms. The summed E-state index contributed by atoms with van der Waals surface area (Å²) >= 11 is 2.05. The standard InChI is InChI=1S/C16H32N4O2S/c1-3-17-15(18-6-9-21-4-2)19-13-16(5-12-23-14-16)20-7-10-22-11-8-20/h3-14H2,1-2H3,(H2,17,18,19). The van der Waals surface area contributed by atoms with Gasteiger partial charge in [-0.25, -0.2) is 0 Å². The summed E-state index contributed by atoms with van der Waals surface area (Å²) in [4.78, 5) is 7.48. The molecule has 2 aliphatic heterocycles. The van der Waals surface area contributed by atoms with Crippen LogP contribution in [0.15, 0.2) is 4.99 Å². The lowest BCUT2D eigenvalue weighted by atomic mass is 9.96. The van der Waals surface area contributed by atoms with E-state index in [9.17, 15) is 0 Å². The van der Waals surface area contributed by atoms with Crippen LogP contribution < -0.4 is 10.6 Å². The molecule has 0 spiro atoms. The van der Waals surface area contributed by atoms with Crippen LogP contribution in [0.5, 0.6) is 0 Å². The Morgan fingerprint density at radius 1 is 1.30 bits per heavy atom. The lowest BCUT2D eigenvalue weighted by Crippen LogP contribution is -2.56. The fourth-order valence-corrected chi connectivity index (χ4v) is 4.53. The summed E-state index contributed by atoms with van der Waals surface area (Å²) < 4.78 is 10.9. The highest BCUT2D eigenvalue weighted by Gasteiger charge is 2.40. The van der Waals surface area contributed by atoms with Gasteiger partial charge in [-0.3, -0.25) is 9.89 Å². The van der Waals surface area contributed by atoms with E-state index in [-0.39, 0.29) is 5.54 Å². The summed E-state index contributed by atoms with van der Waals surface area (Å²) in [6.45, 7) is 11.9. The van der Waals surface area contributed by atoms with Gasteiger partial charge in [0, 0.05) is 38.5 Å². The summed E-state index contributed by atoms with van der Waals surface area (Å²) in [6.07, 6.45) is 1.22. The lowest BCUT2D eigenvalue weighted by molar-refractivity contribution is -0.0104. The molecule has 0 aromatic heterocycles. The molecule has 0 aromatic carbocycles. The van der Waals surface area contributed by atoms with Crippen molar-refractivity contribution in [2.45, 2.75) is 25.8 Å². The number of thioether (sulfide) groups is 1. The van der Waals surface area contributed by atoms with Crippen LogP contribution in [0.1, 0.15) is 20.3 Å². The minimum atomic E-state index is 0.205. The van der Waals surface area contributed by atoms with Gasteiger partial charge >= 0.3 is 0 Å². The first-order valence-corrected chi connectivity index (χ1v) is 9.96. The molecule has 1 unspecified atom stereocenters. The van der Waals surface area contributed by atoms with Crippen LogP contribution in [0.3, 0.4) is 0 Å². The third-order valence-electron chi connectivity index (χ3n) is 4.38. The Morgan fingerprint density at radius 3 is 2.78 bits per heavy atom. The van der Waals surface area contributed by atoms with Crippen LogP contribution in [0, 0.1) is 0 Å². The number of hydrogen-bond acceptors (Lipinski definition) is 5. The van der Waals surface area contributed by atoms with Crippen LogP contribution >= 0.6 is 11.8 Å². The van der Waals surface area contributed by atoms with E-state index < -0.39 is 0 Å². The van der Waals surface area contributed by atoms with Crippen LogP contribution in [0.25, 0.3) is 0 Å². The molecule has 0 radical (unpaired) electrons. The quantitative estimate of drug-likeness (QED) is 0.386. The van der Waals surface area contributed by atoms with Gasteiger partial charge < -0.3 is 20.1 Å². The second-order valence-corrected chi connectivity index (χ2v) is 7.05. The minimum absolute atomic E-state index is 0.205. The van der Waals surface area contributed by atoms with Crippen molar-refractivity contribution in [3.05, 3.63) is 0 Å². The molecule has 6 nitrogen and oxygen atoms in total. The summed E-state index contributed by atoms with van der Waals surface area (Å²) in [7, 11) is 0. The first-order valence-electron chi connectivity index (χ1n) is 8.81. The molecule has 2 rings (SSSR count). The van der Waals surface area contributed by atoms with Gasteiger partial charge in [-0.15, -0.1) is 0 Å². The zero-order chi connectivity index (χ0) is 16.4. The van der Waals surface area contributed by atoms with Gasteiger partial charge in [-0.2, -0.15) is 11.8 Å². The summed E-state index contributed by atoms with van der Waals surface area (Å²) in [6, 6.07) is 0. The lowest BCUT2D eigenvalue weighted by Gasteiger charge is -2.42. The Kier molecular flexibility index (Phi) is 8.50. The van der Waals surface area contributed by atoms with E-state index in [1.54, 1.807) is 0 Å². The van der Waals surface area contributed by atoms with E-state index in [1.807, 2.05) is 6.92 Å². The van der Waals surface area contributed by atoms with Gasteiger partial charge in [-0.05, 0) is 26.0 Å². The molecule has 0 amide bonds. The molecule has 2 heterocycles. The summed E-state index contributed by atoms with van der Waals surface area (Å²) in [5, 5.41) is 6.70. The first kappa shape index (κ1) is 18.8. The number of rotatable bonds is 8. The van der Waals surface area contributed by atoms with Crippen molar-refractivity contribution in [2.24, 2.45) is 4.99 Å². The zero-order valence-electron chi connectivity index (χ0n) is 14.6. The predicted octanol–water partition coefficient (Wildman–Crippen LogP) is 0.786. The molecule has 0 saturated carbocycles. The molecule has 134 valence electrons. The smallest absolute Gasteiger partial charge is 0.191 e. The number of guanidine groups is 1. The Bertz CT molecular complexity index is 356. The Morgan fingerprint density at radius 2 is 2.13 bits per heavy atom. The molecular formula is C16H32N4O2S. The normalized spacial score (nSPS) is 26.4. The zero-order valence-corrected chi connectivity index (χ0v) is 15.4. The third kappa shape index (κ3) is 5.81. The molecular weight excluding hydrogens is 312 g/mol. The average Bonchev–Trinajstić information content (AvgIpc) is 3.07. The Hall–Kier alpha value is -0.500. The topological polar surface area (TPSA) is 58.1 Å². The molecule has 2 saturated heterocycles.